The number of fused-ring (bicyclic) bond motifs is 2. The van der Waals surface area contributed by atoms with Crippen molar-refractivity contribution < 1.29 is 19.4 Å². The van der Waals surface area contributed by atoms with Crippen LogP contribution in [0.4, 0.5) is 0 Å². The maximum atomic E-state index is 13.1. The van der Waals surface area contributed by atoms with E-state index in [1.54, 1.807) is 43.5 Å². The minimum atomic E-state index is -1.01. The Kier molecular flexibility index (Phi) is 4.09. The van der Waals surface area contributed by atoms with Crippen molar-refractivity contribution in [2.45, 2.75) is 0 Å². The molecule has 0 saturated carbocycles. The Morgan fingerprint density at radius 1 is 0.778 bits per heavy atom. The number of ether oxygens (including phenoxy) is 1. The number of ketones is 1. The molecule has 0 spiro atoms. The van der Waals surface area contributed by atoms with Gasteiger partial charge in [0.2, 0.25) is 0 Å². The van der Waals surface area contributed by atoms with E-state index in [0.29, 0.717) is 21.9 Å². The normalized spacial score (nSPS) is 10.9. The zero-order valence-electron chi connectivity index (χ0n) is 14.6. The van der Waals surface area contributed by atoms with E-state index in [9.17, 15) is 14.7 Å². The predicted molar refractivity (Wildman–Crippen MR) is 105 cm³/mol. The summed E-state index contributed by atoms with van der Waals surface area (Å²) in [7, 11) is 1.62. The summed E-state index contributed by atoms with van der Waals surface area (Å²) < 4.78 is 5.23. The third-order valence-electron chi connectivity index (χ3n) is 4.71. The highest BCUT2D eigenvalue weighted by Gasteiger charge is 2.17. The van der Waals surface area contributed by atoms with E-state index >= 15 is 0 Å². The average molecular weight is 356 g/mol. The molecular formula is C23H16O4. The van der Waals surface area contributed by atoms with Crippen molar-refractivity contribution in [2.24, 2.45) is 0 Å². The van der Waals surface area contributed by atoms with Gasteiger partial charge in [-0.2, -0.15) is 0 Å². The Hall–Kier alpha value is -3.66. The first kappa shape index (κ1) is 16.8. The van der Waals surface area contributed by atoms with Crippen molar-refractivity contribution in [3.05, 3.63) is 89.5 Å². The van der Waals surface area contributed by atoms with Gasteiger partial charge in [-0.15, -0.1) is 0 Å². The summed E-state index contributed by atoms with van der Waals surface area (Å²) in [4.78, 5) is 24.6. The van der Waals surface area contributed by atoms with Crippen molar-refractivity contribution in [1.29, 1.82) is 0 Å². The lowest BCUT2D eigenvalue weighted by atomic mass is 9.93. The van der Waals surface area contributed by atoms with Crippen molar-refractivity contribution in [2.75, 3.05) is 7.11 Å². The largest absolute Gasteiger partial charge is 0.497 e. The molecule has 4 nitrogen and oxygen atoms in total. The van der Waals surface area contributed by atoms with Crippen LogP contribution < -0.4 is 4.74 Å². The second kappa shape index (κ2) is 6.57. The summed E-state index contributed by atoms with van der Waals surface area (Å²) in [6.07, 6.45) is 0. The van der Waals surface area contributed by atoms with Crippen LogP contribution in [0.25, 0.3) is 21.5 Å². The van der Waals surface area contributed by atoms with Gasteiger partial charge in [-0.3, -0.25) is 4.79 Å². The molecule has 4 rings (SSSR count). The van der Waals surface area contributed by atoms with Crippen LogP contribution in [0.15, 0.2) is 72.8 Å². The number of methoxy groups -OCH3 is 1. The summed E-state index contributed by atoms with van der Waals surface area (Å²) in [5.41, 5.74) is 1.23. The molecule has 0 heterocycles. The minimum Gasteiger partial charge on any atom is -0.497 e. The van der Waals surface area contributed by atoms with Crippen LogP contribution in [0.3, 0.4) is 0 Å². The van der Waals surface area contributed by atoms with E-state index in [1.807, 2.05) is 30.3 Å². The molecule has 0 aliphatic rings. The quantitative estimate of drug-likeness (QED) is 0.527. The number of carbonyl (C=O) groups is 2. The Morgan fingerprint density at radius 2 is 1.41 bits per heavy atom. The van der Waals surface area contributed by atoms with Crippen molar-refractivity contribution in [3.63, 3.8) is 0 Å². The van der Waals surface area contributed by atoms with Crippen molar-refractivity contribution >= 4 is 33.3 Å². The van der Waals surface area contributed by atoms with Gasteiger partial charge in [-0.1, -0.05) is 42.5 Å². The van der Waals surface area contributed by atoms with Crippen molar-refractivity contribution in [1.82, 2.24) is 0 Å². The fraction of sp³-hybridized carbons (Fsp3) is 0.0435. The van der Waals surface area contributed by atoms with E-state index in [-0.39, 0.29) is 11.3 Å². The zero-order valence-corrected chi connectivity index (χ0v) is 14.6. The lowest BCUT2D eigenvalue weighted by molar-refractivity contribution is 0.0698. The van der Waals surface area contributed by atoms with Crippen LogP contribution in [0.1, 0.15) is 26.3 Å². The summed E-state index contributed by atoms with van der Waals surface area (Å²) in [5, 5.41) is 12.5. The first-order valence-corrected chi connectivity index (χ1v) is 8.46. The first-order valence-electron chi connectivity index (χ1n) is 8.46. The van der Waals surface area contributed by atoms with Crippen LogP contribution >= 0.6 is 0 Å². The van der Waals surface area contributed by atoms with Gasteiger partial charge >= 0.3 is 5.97 Å². The van der Waals surface area contributed by atoms with Gasteiger partial charge in [0.05, 0.1) is 12.7 Å². The molecule has 1 N–H and O–H groups in total. The standard InChI is InChI=1S/C23H16O4/c1-27-17-9-8-14-12-16(7-6-15(14)13-17)22(24)20-10-11-21(23(25)26)19-5-3-2-4-18(19)20/h2-13H,1H3,(H,25,26). The lowest BCUT2D eigenvalue weighted by Gasteiger charge is -2.10. The molecule has 132 valence electrons. The molecule has 0 saturated heterocycles. The Balaban J connectivity index is 1.84. The van der Waals surface area contributed by atoms with Crippen LogP contribution in [0.5, 0.6) is 5.75 Å². The molecule has 4 heteroatoms. The summed E-state index contributed by atoms with van der Waals surface area (Å²) in [6.45, 7) is 0. The van der Waals surface area contributed by atoms with Crippen molar-refractivity contribution in [3.8, 4) is 5.75 Å². The van der Waals surface area contributed by atoms with Gasteiger partial charge < -0.3 is 9.84 Å². The van der Waals surface area contributed by atoms with Crippen LogP contribution in [0.2, 0.25) is 0 Å². The molecule has 0 atom stereocenters. The van der Waals surface area contributed by atoms with E-state index in [1.165, 1.54) is 6.07 Å². The molecule has 0 unspecified atom stereocenters. The molecule has 0 aliphatic carbocycles. The third kappa shape index (κ3) is 2.91. The first-order chi connectivity index (χ1) is 13.1. The second-order valence-corrected chi connectivity index (χ2v) is 6.27. The number of carboxylic acid groups (broad SMARTS) is 1. The Bertz CT molecular complexity index is 1210. The topological polar surface area (TPSA) is 63.6 Å². The summed E-state index contributed by atoms with van der Waals surface area (Å²) in [5.74, 6) is -0.387. The van der Waals surface area contributed by atoms with E-state index < -0.39 is 5.97 Å². The Labute approximate surface area is 155 Å². The highest BCUT2D eigenvalue weighted by molar-refractivity contribution is 6.19. The van der Waals surface area contributed by atoms with E-state index in [4.69, 9.17) is 4.74 Å². The minimum absolute atomic E-state index is 0.138. The number of rotatable bonds is 4. The molecule has 0 aliphatic heterocycles. The van der Waals surface area contributed by atoms with Gasteiger partial charge in [-0.25, -0.2) is 4.79 Å². The van der Waals surface area contributed by atoms with Gasteiger partial charge in [0, 0.05) is 11.1 Å². The number of aromatic carboxylic acids is 1. The van der Waals surface area contributed by atoms with E-state index in [0.717, 1.165) is 16.5 Å². The van der Waals surface area contributed by atoms with Crippen LogP contribution in [0, 0.1) is 0 Å². The molecule has 4 aromatic carbocycles. The fourth-order valence-corrected chi connectivity index (χ4v) is 3.33. The van der Waals surface area contributed by atoms with Crippen LogP contribution in [-0.4, -0.2) is 24.0 Å². The Morgan fingerprint density at radius 3 is 2.11 bits per heavy atom. The monoisotopic (exact) mass is 356 g/mol. The maximum absolute atomic E-state index is 13.1. The second-order valence-electron chi connectivity index (χ2n) is 6.27. The molecule has 0 amide bonds. The maximum Gasteiger partial charge on any atom is 0.336 e. The molecule has 0 bridgehead atoms. The molecule has 27 heavy (non-hydrogen) atoms. The zero-order chi connectivity index (χ0) is 19.0. The number of carboxylic acids is 1. The van der Waals surface area contributed by atoms with E-state index in [2.05, 4.69) is 0 Å². The summed E-state index contributed by atoms with van der Waals surface area (Å²) >= 11 is 0. The molecule has 0 aromatic heterocycles. The van der Waals surface area contributed by atoms with Gasteiger partial charge in [0.15, 0.2) is 5.78 Å². The molecule has 0 radical (unpaired) electrons. The molecule has 4 aromatic rings. The number of hydrogen-bond donors (Lipinski definition) is 1. The SMILES string of the molecule is COc1ccc2cc(C(=O)c3ccc(C(=O)O)c4ccccc34)ccc2c1. The lowest BCUT2D eigenvalue weighted by Crippen LogP contribution is -2.05. The average Bonchev–Trinajstić information content (AvgIpc) is 2.71. The fourth-order valence-electron chi connectivity index (χ4n) is 3.33. The third-order valence-corrected chi connectivity index (χ3v) is 4.71. The highest BCUT2D eigenvalue weighted by atomic mass is 16.5. The number of benzene rings is 4. The summed E-state index contributed by atoms with van der Waals surface area (Å²) in [6, 6.07) is 21.4. The number of hydrogen-bond acceptors (Lipinski definition) is 3. The van der Waals surface area contributed by atoms with Gasteiger partial charge in [-0.05, 0) is 51.9 Å². The molecular weight excluding hydrogens is 340 g/mol. The van der Waals surface area contributed by atoms with Crippen LogP contribution in [-0.2, 0) is 0 Å². The highest BCUT2D eigenvalue weighted by Crippen LogP contribution is 2.27. The molecule has 0 fully saturated rings. The van der Waals surface area contributed by atoms with Gasteiger partial charge in [0.1, 0.15) is 5.75 Å². The smallest absolute Gasteiger partial charge is 0.336 e. The van der Waals surface area contributed by atoms with Gasteiger partial charge in [0.25, 0.3) is 0 Å². The predicted octanol–water partition coefficient (Wildman–Crippen LogP) is 4.93. The number of carbonyl (C=O) groups excluding carboxylic acids is 1.